The number of amides is 1. The van der Waals surface area contributed by atoms with Crippen molar-refractivity contribution in [2.24, 2.45) is 5.92 Å². The normalized spacial score (nSPS) is 19.3. The fourth-order valence-corrected chi connectivity index (χ4v) is 6.07. The van der Waals surface area contributed by atoms with Gasteiger partial charge in [-0.1, -0.05) is 62.6 Å². The van der Waals surface area contributed by atoms with Gasteiger partial charge in [0.25, 0.3) is 5.91 Å². The Hall–Kier alpha value is -3.10. The Bertz CT molecular complexity index is 1160. The molecule has 0 bridgehead atoms. The molecule has 1 aliphatic carbocycles. The van der Waals surface area contributed by atoms with E-state index < -0.39 is 23.7 Å². The summed E-state index contributed by atoms with van der Waals surface area (Å²) in [5.74, 6) is 0.0952. The minimum atomic E-state index is -1.06. The zero-order valence-corrected chi connectivity index (χ0v) is 24.9. The zero-order valence-electron chi connectivity index (χ0n) is 24.9. The van der Waals surface area contributed by atoms with Crippen molar-refractivity contribution in [3.63, 3.8) is 0 Å². The minimum absolute atomic E-state index is 0.127. The van der Waals surface area contributed by atoms with E-state index in [0.717, 1.165) is 61.6 Å². The largest absolute Gasteiger partial charge is 0.493 e. The Morgan fingerprint density at radius 1 is 1.10 bits per heavy atom. The number of aliphatic carboxylic acids is 1. The molecule has 3 unspecified atom stereocenters. The van der Waals surface area contributed by atoms with E-state index in [1.165, 1.54) is 4.90 Å². The molecular weight excluding hydrogens is 522 g/mol. The summed E-state index contributed by atoms with van der Waals surface area (Å²) in [4.78, 5) is 28.3. The van der Waals surface area contributed by atoms with Gasteiger partial charge < -0.3 is 29.0 Å². The molecule has 8 heteroatoms. The first-order chi connectivity index (χ1) is 19.8. The number of ether oxygens (including phenoxy) is 4. The van der Waals surface area contributed by atoms with Gasteiger partial charge in [0, 0.05) is 32.2 Å². The summed E-state index contributed by atoms with van der Waals surface area (Å²) < 4.78 is 23.8. The van der Waals surface area contributed by atoms with E-state index in [1.54, 1.807) is 14.2 Å². The van der Waals surface area contributed by atoms with Gasteiger partial charge in [-0.25, -0.2) is 4.79 Å². The van der Waals surface area contributed by atoms with Crippen molar-refractivity contribution in [3.05, 3.63) is 59.2 Å². The molecule has 3 atom stereocenters. The van der Waals surface area contributed by atoms with Crippen LogP contribution in [0, 0.1) is 5.92 Å². The molecule has 0 saturated heterocycles. The van der Waals surface area contributed by atoms with Crippen LogP contribution >= 0.6 is 0 Å². The molecule has 2 aliphatic rings. The van der Waals surface area contributed by atoms with Crippen molar-refractivity contribution in [3.8, 4) is 11.5 Å². The number of carbonyl (C=O) groups is 2. The van der Waals surface area contributed by atoms with Crippen LogP contribution in [0.5, 0.6) is 11.5 Å². The average molecular weight is 568 g/mol. The highest BCUT2D eigenvalue weighted by Crippen LogP contribution is 2.41. The minimum Gasteiger partial charge on any atom is -0.493 e. The molecule has 4 rings (SSSR count). The SMILES string of the molecule is CCC(CCCOC)COc1c(OC)ccc2c1CC(C(=O)O)N(C(=O)C(OC1(C)CCCC1)c1ccccc1)C2. The first-order valence-electron chi connectivity index (χ1n) is 14.9. The van der Waals surface area contributed by atoms with Crippen molar-refractivity contribution < 1.29 is 33.6 Å². The first-order valence-corrected chi connectivity index (χ1v) is 14.9. The molecule has 0 aromatic heterocycles. The van der Waals surface area contributed by atoms with Crippen LogP contribution < -0.4 is 9.47 Å². The quantitative estimate of drug-likeness (QED) is 0.282. The fourth-order valence-electron chi connectivity index (χ4n) is 6.07. The van der Waals surface area contributed by atoms with E-state index in [9.17, 15) is 14.7 Å². The predicted molar refractivity (Wildman–Crippen MR) is 156 cm³/mol. The Morgan fingerprint density at radius 3 is 2.46 bits per heavy atom. The molecule has 0 spiro atoms. The van der Waals surface area contributed by atoms with Crippen LogP contribution in [0.15, 0.2) is 42.5 Å². The third-order valence-electron chi connectivity index (χ3n) is 8.62. The lowest BCUT2D eigenvalue weighted by Crippen LogP contribution is -2.51. The molecule has 1 N–H and O–H groups in total. The monoisotopic (exact) mass is 567 g/mol. The number of hydrogen-bond donors (Lipinski definition) is 1. The van der Waals surface area contributed by atoms with Crippen molar-refractivity contribution in [1.82, 2.24) is 4.90 Å². The second-order valence-corrected chi connectivity index (χ2v) is 11.5. The molecule has 2 aromatic rings. The second-order valence-electron chi connectivity index (χ2n) is 11.5. The number of carboxylic acid groups (broad SMARTS) is 1. The summed E-state index contributed by atoms with van der Waals surface area (Å²) in [6.45, 7) is 5.55. The number of carbonyl (C=O) groups excluding carboxylic acids is 1. The topological polar surface area (TPSA) is 94.5 Å². The van der Waals surface area contributed by atoms with Gasteiger partial charge >= 0.3 is 5.97 Å². The van der Waals surface area contributed by atoms with E-state index in [0.29, 0.717) is 30.6 Å². The highest BCUT2D eigenvalue weighted by molar-refractivity contribution is 5.88. The molecular formula is C33H45NO7. The van der Waals surface area contributed by atoms with Crippen LogP contribution in [0.25, 0.3) is 0 Å². The fraction of sp³-hybridized carbons (Fsp3) is 0.576. The number of carboxylic acids is 1. The van der Waals surface area contributed by atoms with Crippen LogP contribution in [0.1, 0.15) is 81.6 Å². The van der Waals surface area contributed by atoms with E-state index in [1.807, 2.05) is 42.5 Å². The Kier molecular flexibility index (Phi) is 10.7. The van der Waals surface area contributed by atoms with Crippen molar-refractivity contribution in [1.29, 1.82) is 0 Å². The van der Waals surface area contributed by atoms with E-state index in [4.69, 9.17) is 18.9 Å². The lowest BCUT2D eigenvalue weighted by molar-refractivity contribution is -0.166. The third-order valence-corrected chi connectivity index (χ3v) is 8.62. The average Bonchev–Trinajstić information content (AvgIpc) is 3.42. The number of rotatable bonds is 14. The maximum atomic E-state index is 14.2. The van der Waals surface area contributed by atoms with E-state index >= 15 is 0 Å². The van der Waals surface area contributed by atoms with Gasteiger partial charge in [-0.15, -0.1) is 0 Å². The summed E-state index contributed by atoms with van der Waals surface area (Å²) in [5.41, 5.74) is 1.96. The van der Waals surface area contributed by atoms with Crippen LogP contribution in [-0.4, -0.2) is 61.0 Å². The number of benzene rings is 2. The highest BCUT2D eigenvalue weighted by atomic mass is 16.5. The van der Waals surface area contributed by atoms with Crippen LogP contribution in [0.4, 0.5) is 0 Å². The van der Waals surface area contributed by atoms with Crippen LogP contribution in [0.3, 0.4) is 0 Å². The first kappa shape index (κ1) is 30.8. The lowest BCUT2D eigenvalue weighted by atomic mass is 9.91. The Balaban J connectivity index is 1.63. The number of hydrogen-bond acceptors (Lipinski definition) is 6. The maximum Gasteiger partial charge on any atom is 0.326 e. The smallest absolute Gasteiger partial charge is 0.326 e. The molecule has 1 saturated carbocycles. The molecule has 8 nitrogen and oxygen atoms in total. The summed E-state index contributed by atoms with van der Waals surface area (Å²) in [5, 5.41) is 10.3. The molecule has 1 heterocycles. The summed E-state index contributed by atoms with van der Waals surface area (Å²) in [6, 6.07) is 12.1. The van der Waals surface area contributed by atoms with E-state index in [2.05, 4.69) is 13.8 Å². The van der Waals surface area contributed by atoms with Gasteiger partial charge in [-0.05, 0) is 55.7 Å². The number of fused-ring (bicyclic) bond motifs is 1. The molecule has 2 aromatic carbocycles. The molecule has 1 fully saturated rings. The van der Waals surface area contributed by atoms with Crippen molar-refractivity contribution >= 4 is 11.9 Å². The second kappa shape index (κ2) is 14.2. The van der Waals surface area contributed by atoms with Gasteiger partial charge in [0.15, 0.2) is 17.6 Å². The third kappa shape index (κ3) is 7.41. The predicted octanol–water partition coefficient (Wildman–Crippen LogP) is 5.96. The van der Waals surface area contributed by atoms with E-state index in [-0.39, 0.29) is 18.9 Å². The van der Waals surface area contributed by atoms with Crippen LogP contribution in [-0.2, 0) is 32.0 Å². The standard InChI is InChI=1S/C33H45NO7/c1-5-23(12-11-19-38-3)22-40-30-26-20-27(32(36)37)34(21-25(26)15-16-28(30)39-4)31(35)29(24-13-7-6-8-14-24)41-33(2)17-9-10-18-33/h6-8,13-16,23,27,29H,5,9-12,17-22H2,1-4H3,(H,36,37). The van der Waals surface area contributed by atoms with Gasteiger partial charge in [0.2, 0.25) is 0 Å². The van der Waals surface area contributed by atoms with Gasteiger partial charge in [-0.2, -0.15) is 0 Å². The van der Waals surface area contributed by atoms with Crippen molar-refractivity contribution in [2.45, 2.75) is 89.5 Å². The Labute approximate surface area is 243 Å². The molecule has 224 valence electrons. The molecule has 41 heavy (non-hydrogen) atoms. The van der Waals surface area contributed by atoms with Gasteiger partial charge in [0.1, 0.15) is 6.04 Å². The maximum absolute atomic E-state index is 14.2. The summed E-state index contributed by atoms with van der Waals surface area (Å²) >= 11 is 0. The zero-order chi connectivity index (χ0) is 29.4. The van der Waals surface area contributed by atoms with Crippen LogP contribution in [0.2, 0.25) is 0 Å². The van der Waals surface area contributed by atoms with Gasteiger partial charge in [-0.3, -0.25) is 4.79 Å². The molecule has 1 amide bonds. The molecule has 0 radical (unpaired) electrons. The summed E-state index contributed by atoms with van der Waals surface area (Å²) in [6.07, 6.45) is 5.98. The summed E-state index contributed by atoms with van der Waals surface area (Å²) in [7, 11) is 3.29. The number of methoxy groups -OCH3 is 2. The lowest BCUT2D eigenvalue weighted by Gasteiger charge is -2.39. The highest BCUT2D eigenvalue weighted by Gasteiger charge is 2.43. The molecule has 1 aliphatic heterocycles. The van der Waals surface area contributed by atoms with Crippen molar-refractivity contribution in [2.75, 3.05) is 27.4 Å². The number of nitrogens with zero attached hydrogens (tertiary/aromatic N) is 1. The van der Waals surface area contributed by atoms with Gasteiger partial charge in [0.05, 0.1) is 19.3 Å². The Morgan fingerprint density at radius 2 is 1.83 bits per heavy atom.